The van der Waals surface area contributed by atoms with Crippen molar-refractivity contribution in [2.75, 3.05) is 39.6 Å². The van der Waals surface area contributed by atoms with Crippen molar-refractivity contribution in [1.29, 1.82) is 0 Å². The molecule has 0 aromatic heterocycles. The first-order chi connectivity index (χ1) is 55.2. The van der Waals surface area contributed by atoms with Crippen LogP contribution in [0.3, 0.4) is 0 Å². The van der Waals surface area contributed by atoms with E-state index in [-0.39, 0.29) is 19.3 Å². The molecule has 0 aromatic rings. The average Bonchev–Trinajstić information content (AvgIpc) is 0.886. The van der Waals surface area contributed by atoms with Crippen LogP contribution in [0.15, 0.2) is 158 Å². The van der Waals surface area contributed by atoms with E-state index in [1.165, 1.54) is 128 Å². The van der Waals surface area contributed by atoms with Gasteiger partial charge in [-0.05, 0) is 141 Å². The van der Waals surface area contributed by atoms with Gasteiger partial charge >= 0.3 is 33.6 Å². The lowest BCUT2D eigenvalue weighted by Crippen LogP contribution is -2.30. The quantitative estimate of drug-likeness (QED) is 0.0146. The summed E-state index contributed by atoms with van der Waals surface area (Å²) >= 11 is 0. The van der Waals surface area contributed by atoms with Gasteiger partial charge in [0.05, 0.1) is 26.4 Å². The number of hydrogen-bond acceptors (Lipinski definition) is 14. The van der Waals surface area contributed by atoms with E-state index in [1.54, 1.807) is 0 Å². The van der Waals surface area contributed by atoms with E-state index in [9.17, 15) is 43.5 Å². The molecule has 0 radical (unpaired) electrons. The number of phosphoric acid groups is 2. The van der Waals surface area contributed by atoms with Crippen LogP contribution < -0.4 is 0 Å². The standard InChI is InChI=1S/C95H162O16P2/c1-4-7-10-13-16-19-22-25-28-31-33-35-37-39-40-41-42-43-44-45-46-47-48-50-52-53-55-58-60-63-66-69-72-75-78-81-93(98)105-84-90(96)85-107-112(101,102)108-86-91(97)87-109-113(103,104)110-89-92(111-95(100)83-80-77-74-71-68-65-62-57-30-27-24-21-18-15-12-9-6-3)88-106-94(99)82-79-76-73-70-67-64-61-59-56-54-51-49-38-36-34-32-29-26-23-20-17-14-11-8-5-2/h7-12,16-21,25-30,33-36,39-40,49,51,90-92,96-97H,4-6,13-15,22-24,31-32,37-38,41-48,50,52-89H2,1-3H3,(H,101,102)(H,103,104)/b10-7-,11-8-,12-9-,19-16-,20-17-,21-18-,28-25-,29-26-,30-27-,35-33-,36-34-,40-39-,51-49-. The Morgan fingerprint density at radius 3 is 0.699 bits per heavy atom. The lowest BCUT2D eigenvalue weighted by molar-refractivity contribution is -0.161. The third-order valence-corrected chi connectivity index (χ3v) is 20.6. The second-order valence-electron chi connectivity index (χ2n) is 29.6. The van der Waals surface area contributed by atoms with Crippen LogP contribution in [0.1, 0.15) is 367 Å². The Hall–Kier alpha value is -4.83. The fourth-order valence-corrected chi connectivity index (χ4v) is 13.6. The van der Waals surface area contributed by atoms with Gasteiger partial charge < -0.3 is 34.2 Å². The Balaban J connectivity index is 4.47. The Labute approximate surface area is 689 Å². The fraction of sp³-hybridized carbons (Fsp3) is 0.695. The summed E-state index contributed by atoms with van der Waals surface area (Å²) in [6.45, 7) is 2.37. The topological polar surface area (TPSA) is 231 Å². The number of carbonyl (C=O) groups is 3. The Bertz CT molecular complexity index is 2680. The number of aliphatic hydroxyl groups excluding tert-OH is 2. The molecule has 648 valence electrons. The highest BCUT2D eigenvalue weighted by atomic mass is 31.2. The monoisotopic (exact) mass is 1620 g/mol. The maximum atomic E-state index is 13.0. The van der Waals surface area contributed by atoms with Crippen molar-refractivity contribution in [3.05, 3.63) is 158 Å². The van der Waals surface area contributed by atoms with Crippen LogP contribution in [0.5, 0.6) is 0 Å². The second-order valence-corrected chi connectivity index (χ2v) is 32.5. The summed E-state index contributed by atoms with van der Waals surface area (Å²) in [5, 5.41) is 20.7. The molecule has 0 aliphatic heterocycles. The molecule has 16 nitrogen and oxygen atoms in total. The number of rotatable bonds is 84. The van der Waals surface area contributed by atoms with Gasteiger partial charge in [0.25, 0.3) is 0 Å². The van der Waals surface area contributed by atoms with Crippen molar-refractivity contribution < 1.29 is 75.8 Å². The van der Waals surface area contributed by atoms with Crippen molar-refractivity contribution in [1.82, 2.24) is 0 Å². The summed E-state index contributed by atoms with van der Waals surface area (Å²) in [6, 6.07) is 0. The van der Waals surface area contributed by atoms with E-state index in [2.05, 4.69) is 179 Å². The molecule has 5 unspecified atom stereocenters. The van der Waals surface area contributed by atoms with E-state index in [1.807, 2.05) is 0 Å². The minimum absolute atomic E-state index is 0.0888. The highest BCUT2D eigenvalue weighted by Crippen LogP contribution is 2.45. The van der Waals surface area contributed by atoms with E-state index < -0.39 is 91.5 Å². The SMILES string of the molecule is CC/C=C\C/C=C\C/C=C\C/C=C\C/C=C\CCCCCCCCCCCCCCCCCCCCCC(=O)OCC(O)COP(=O)(O)OCC(O)COP(=O)(O)OCC(COC(=O)CCCCCCCCCCC/C=C\C/C=C\C/C=C\C/C=C\C/C=C\CC)OC(=O)CCCCCCCCC/C=C\C/C=C\C/C=C\CC. The molecule has 18 heteroatoms. The summed E-state index contributed by atoms with van der Waals surface area (Å²) < 4.78 is 61.4. The number of carbonyl (C=O) groups excluding carboxylic acids is 3. The number of unbranched alkanes of at least 4 members (excludes halogenated alkanes) is 35. The molecule has 0 fully saturated rings. The lowest BCUT2D eigenvalue weighted by Gasteiger charge is -2.21. The smallest absolute Gasteiger partial charge is 0.463 e. The van der Waals surface area contributed by atoms with E-state index in [4.69, 9.17) is 32.3 Å². The molecule has 0 heterocycles. The molecule has 0 aliphatic rings. The van der Waals surface area contributed by atoms with Gasteiger partial charge in [0, 0.05) is 19.3 Å². The number of allylic oxidation sites excluding steroid dienone is 26. The Kier molecular flexibility index (Phi) is 82.8. The number of ether oxygens (including phenoxy) is 3. The highest BCUT2D eigenvalue weighted by Gasteiger charge is 2.29. The van der Waals surface area contributed by atoms with Gasteiger partial charge in [-0.25, -0.2) is 9.13 Å². The molecule has 0 bridgehead atoms. The summed E-state index contributed by atoms with van der Waals surface area (Å²) in [5.74, 6) is -1.59. The summed E-state index contributed by atoms with van der Waals surface area (Å²) in [5.41, 5.74) is 0. The third-order valence-electron chi connectivity index (χ3n) is 18.7. The van der Waals surface area contributed by atoms with E-state index in [0.717, 1.165) is 180 Å². The van der Waals surface area contributed by atoms with Crippen LogP contribution in [-0.2, 0) is 55.8 Å². The Morgan fingerprint density at radius 1 is 0.248 bits per heavy atom. The van der Waals surface area contributed by atoms with Gasteiger partial charge in [-0.2, -0.15) is 0 Å². The van der Waals surface area contributed by atoms with Crippen molar-refractivity contribution >= 4 is 33.6 Å². The average molecular weight is 1620 g/mol. The minimum atomic E-state index is -4.94. The first kappa shape index (κ1) is 108. The maximum Gasteiger partial charge on any atom is 0.472 e. The van der Waals surface area contributed by atoms with Gasteiger partial charge in [-0.15, -0.1) is 0 Å². The third kappa shape index (κ3) is 87.8. The Morgan fingerprint density at radius 2 is 0.442 bits per heavy atom. The molecular formula is C95H162O16P2. The largest absolute Gasteiger partial charge is 0.472 e. The van der Waals surface area contributed by atoms with Crippen molar-refractivity contribution in [3.63, 3.8) is 0 Å². The van der Waals surface area contributed by atoms with Gasteiger partial charge in [0.2, 0.25) is 0 Å². The predicted molar refractivity (Wildman–Crippen MR) is 472 cm³/mol. The van der Waals surface area contributed by atoms with Crippen molar-refractivity contribution in [2.24, 2.45) is 0 Å². The van der Waals surface area contributed by atoms with Crippen LogP contribution in [0, 0.1) is 0 Å². The zero-order valence-electron chi connectivity index (χ0n) is 71.3. The number of esters is 3. The number of aliphatic hydroxyl groups is 2. The van der Waals surface area contributed by atoms with Crippen molar-refractivity contribution in [2.45, 2.75) is 386 Å². The van der Waals surface area contributed by atoms with Gasteiger partial charge in [0.15, 0.2) is 6.10 Å². The molecule has 0 saturated carbocycles. The molecular weight excluding hydrogens is 1460 g/mol. The summed E-state index contributed by atoms with van der Waals surface area (Å²) in [6.07, 6.45) is 110. The van der Waals surface area contributed by atoms with Crippen LogP contribution in [0.2, 0.25) is 0 Å². The number of hydrogen-bond donors (Lipinski definition) is 4. The molecule has 4 N–H and O–H groups in total. The van der Waals surface area contributed by atoms with Gasteiger partial charge in [-0.1, -0.05) is 365 Å². The molecule has 0 aromatic carbocycles. The molecule has 0 aliphatic carbocycles. The predicted octanol–water partition coefficient (Wildman–Crippen LogP) is 27.3. The summed E-state index contributed by atoms with van der Waals surface area (Å²) in [7, 11) is -9.81. The molecule has 0 amide bonds. The van der Waals surface area contributed by atoms with Crippen molar-refractivity contribution in [3.8, 4) is 0 Å². The first-order valence-electron chi connectivity index (χ1n) is 44.8. The lowest BCUT2D eigenvalue weighted by atomic mass is 10.0. The first-order valence-corrected chi connectivity index (χ1v) is 47.8. The summed E-state index contributed by atoms with van der Waals surface area (Å²) in [4.78, 5) is 58.9. The van der Waals surface area contributed by atoms with Crippen LogP contribution in [0.4, 0.5) is 0 Å². The zero-order chi connectivity index (χ0) is 82.2. The maximum absolute atomic E-state index is 13.0. The molecule has 5 atom stereocenters. The van der Waals surface area contributed by atoms with Crippen LogP contribution >= 0.6 is 15.6 Å². The zero-order valence-corrected chi connectivity index (χ0v) is 73.0. The molecule has 113 heavy (non-hydrogen) atoms. The van der Waals surface area contributed by atoms with E-state index >= 15 is 0 Å². The van der Waals surface area contributed by atoms with E-state index in [0.29, 0.717) is 19.3 Å². The van der Waals surface area contributed by atoms with Crippen LogP contribution in [0.25, 0.3) is 0 Å². The molecule has 0 spiro atoms. The fourth-order valence-electron chi connectivity index (χ4n) is 12.1. The van der Waals surface area contributed by atoms with Gasteiger partial charge in [-0.3, -0.25) is 32.5 Å². The molecule has 0 rings (SSSR count). The highest BCUT2D eigenvalue weighted by molar-refractivity contribution is 7.47. The second kappa shape index (κ2) is 86.5. The minimum Gasteiger partial charge on any atom is -0.463 e. The normalized spacial score (nSPS) is 14.6. The molecule has 0 saturated heterocycles. The van der Waals surface area contributed by atoms with Crippen LogP contribution in [-0.4, -0.2) is 95.9 Å². The number of phosphoric ester groups is 2. The van der Waals surface area contributed by atoms with Gasteiger partial charge in [0.1, 0.15) is 25.4 Å².